The molecule has 5 aromatic carbocycles. The Morgan fingerprint density at radius 3 is 2.21 bits per heavy atom. The van der Waals surface area contributed by atoms with Crippen molar-refractivity contribution in [3.8, 4) is 11.1 Å². The van der Waals surface area contributed by atoms with Crippen LogP contribution < -0.4 is 11.1 Å². The SMILES string of the molecule is CC(C)CN(Cc1ccccc1-c1ccccc1)[C@@H]1C[C@@H](CNC(=O)/C=C/c2ccc(/C=C(/C=O)SC(N)=O)cc2)N(C(=O)c2ccccc2C(=O)c2ccc(F)cc2F)C1. The van der Waals surface area contributed by atoms with Crippen LogP contribution in [-0.2, 0) is 16.1 Å². The summed E-state index contributed by atoms with van der Waals surface area (Å²) in [4.78, 5) is 68.5. The number of aldehydes is 1. The molecule has 2 atom stereocenters. The molecule has 12 heteroatoms. The summed E-state index contributed by atoms with van der Waals surface area (Å²) in [7, 11) is 0. The van der Waals surface area contributed by atoms with Gasteiger partial charge in [0.2, 0.25) is 5.91 Å². The van der Waals surface area contributed by atoms with Gasteiger partial charge in [0.25, 0.3) is 11.1 Å². The summed E-state index contributed by atoms with van der Waals surface area (Å²) in [6.45, 7) is 6.03. The molecule has 3 amide bonds. The van der Waals surface area contributed by atoms with E-state index >= 15 is 0 Å². The molecule has 1 aliphatic rings. The number of nitrogens with one attached hydrogen (secondary N) is 1. The van der Waals surface area contributed by atoms with E-state index < -0.39 is 34.6 Å². The third-order valence-electron chi connectivity index (χ3n) is 10.3. The predicted molar refractivity (Wildman–Crippen MR) is 236 cm³/mol. The largest absolute Gasteiger partial charge is 0.360 e. The number of likely N-dealkylation sites (tertiary alicyclic amines) is 1. The maximum atomic E-state index is 14.9. The van der Waals surface area contributed by atoms with Crippen LogP contribution in [0.25, 0.3) is 23.3 Å². The Morgan fingerprint density at radius 2 is 1.52 bits per heavy atom. The standard InChI is InChI=1S/C49H46F2N4O5S/c1-32(2)28-54(29-36-12-6-7-13-41(36)35-10-4-3-5-11-35)39-26-38(27-53-46(57)23-20-33-16-18-34(19-17-33)24-40(31-56)61-49(52)60)55(30-39)48(59)43-15-9-8-14-42(43)47(58)44-22-21-37(50)25-45(44)51/h3-25,31-32,38-39H,26-30H2,1-2H3,(H2,52,60)(H,53,57)/b23-20+,40-24-/t38-,39+/m0/s1. The van der Waals surface area contributed by atoms with Crippen LogP contribution in [0.3, 0.4) is 0 Å². The first kappa shape index (κ1) is 44.1. The van der Waals surface area contributed by atoms with Gasteiger partial charge in [0.15, 0.2) is 12.1 Å². The third-order valence-corrected chi connectivity index (χ3v) is 11.0. The van der Waals surface area contributed by atoms with Gasteiger partial charge in [-0.05, 0) is 82.3 Å². The molecule has 0 aliphatic carbocycles. The molecule has 1 heterocycles. The van der Waals surface area contributed by atoms with Crippen LogP contribution in [-0.4, -0.2) is 70.6 Å². The van der Waals surface area contributed by atoms with Gasteiger partial charge < -0.3 is 16.0 Å². The van der Waals surface area contributed by atoms with Crippen LogP contribution in [0.4, 0.5) is 13.6 Å². The molecule has 5 aromatic rings. The Balaban J connectivity index is 1.26. The molecule has 1 fully saturated rings. The van der Waals surface area contributed by atoms with E-state index in [4.69, 9.17) is 5.73 Å². The summed E-state index contributed by atoms with van der Waals surface area (Å²) < 4.78 is 28.6. The molecule has 9 nitrogen and oxygen atoms in total. The number of primary amides is 1. The number of benzene rings is 5. The number of thioether (sulfide) groups is 1. The zero-order chi connectivity index (χ0) is 43.5. The van der Waals surface area contributed by atoms with Gasteiger partial charge in [0.1, 0.15) is 11.6 Å². The molecule has 312 valence electrons. The molecule has 0 unspecified atom stereocenters. The number of nitrogens with two attached hydrogens (primary N) is 1. The zero-order valence-corrected chi connectivity index (χ0v) is 34.6. The van der Waals surface area contributed by atoms with Crippen molar-refractivity contribution in [2.45, 2.75) is 38.9 Å². The number of hydrogen-bond donors (Lipinski definition) is 2. The van der Waals surface area contributed by atoms with E-state index in [0.29, 0.717) is 54.8 Å². The average molecular weight is 841 g/mol. The van der Waals surface area contributed by atoms with Gasteiger partial charge in [-0.1, -0.05) is 111 Å². The summed E-state index contributed by atoms with van der Waals surface area (Å²) >= 11 is 0.632. The molecule has 0 saturated carbocycles. The molecule has 1 aliphatic heterocycles. The second kappa shape index (κ2) is 20.7. The number of carbonyl (C=O) groups excluding carboxylic acids is 5. The fourth-order valence-corrected chi connectivity index (χ4v) is 8.02. The van der Waals surface area contributed by atoms with Crippen molar-refractivity contribution in [2.24, 2.45) is 11.7 Å². The first-order valence-electron chi connectivity index (χ1n) is 19.9. The van der Waals surface area contributed by atoms with E-state index in [0.717, 1.165) is 35.4 Å². The van der Waals surface area contributed by atoms with Crippen LogP contribution in [0.2, 0.25) is 0 Å². The van der Waals surface area contributed by atoms with E-state index in [9.17, 15) is 32.8 Å². The number of nitrogens with zero attached hydrogens (tertiary/aromatic N) is 2. The van der Waals surface area contributed by atoms with E-state index in [-0.39, 0.29) is 46.0 Å². The second-order valence-electron chi connectivity index (χ2n) is 15.2. The molecule has 0 spiro atoms. The van der Waals surface area contributed by atoms with Crippen LogP contribution in [0.5, 0.6) is 0 Å². The Kier molecular flexibility index (Phi) is 14.9. The lowest BCUT2D eigenvalue weighted by atomic mass is 9.97. The highest BCUT2D eigenvalue weighted by Crippen LogP contribution is 2.31. The van der Waals surface area contributed by atoms with E-state index in [1.807, 2.05) is 30.3 Å². The van der Waals surface area contributed by atoms with E-state index in [1.54, 1.807) is 47.4 Å². The molecule has 61 heavy (non-hydrogen) atoms. The average Bonchev–Trinajstić information content (AvgIpc) is 3.69. The lowest BCUT2D eigenvalue weighted by Crippen LogP contribution is -2.44. The van der Waals surface area contributed by atoms with Gasteiger partial charge in [-0.2, -0.15) is 0 Å². The van der Waals surface area contributed by atoms with E-state index in [2.05, 4.69) is 48.3 Å². The fourth-order valence-electron chi connectivity index (χ4n) is 7.55. The minimum absolute atomic E-state index is 0.0153. The highest BCUT2D eigenvalue weighted by molar-refractivity contribution is 8.17. The normalized spacial score (nSPS) is 15.4. The van der Waals surface area contributed by atoms with Gasteiger partial charge in [-0.25, -0.2) is 8.78 Å². The molecular weight excluding hydrogens is 795 g/mol. The third kappa shape index (κ3) is 11.6. The smallest absolute Gasteiger partial charge is 0.281 e. The zero-order valence-electron chi connectivity index (χ0n) is 33.8. The molecule has 3 N–H and O–H groups in total. The van der Waals surface area contributed by atoms with E-state index in [1.165, 1.54) is 24.3 Å². The summed E-state index contributed by atoms with van der Waals surface area (Å²) in [5, 5.41) is 2.27. The lowest BCUT2D eigenvalue weighted by molar-refractivity contribution is -0.116. The number of hydrogen-bond acceptors (Lipinski definition) is 7. The van der Waals surface area contributed by atoms with Crippen molar-refractivity contribution in [3.63, 3.8) is 0 Å². The molecule has 0 radical (unpaired) electrons. The second-order valence-corrected chi connectivity index (χ2v) is 16.3. The van der Waals surface area contributed by atoms with Crippen LogP contribution in [0.1, 0.15) is 63.2 Å². The van der Waals surface area contributed by atoms with Gasteiger partial charge in [0, 0.05) is 49.9 Å². The van der Waals surface area contributed by atoms with Crippen molar-refractivity contribution in [1.82, 2.24) is 15.1 Å². The van der Waals surface area contributed by atoms with Crippen molar-refractivity contribution in [3.05, 3.63) is 177 Å². The van der Waals surface area contributed by atoms with Gasteiger partial charge in [-0.3, -0.25) is 28.9 Å². The molecular formula is C49H46F2N4O5S. The van der Waals surface area contributed by atoms with Gasteiger partial charge in [0.05, 0.1) is 22.1 Å². The molecule has 0 aromatic heterocycles. The number of amides is 3. The summed E-state index contributed by atoms with van der Waals surface area (Å²) in [6, 6.07) is 33.7. The highest BCUT2D eigenvalue weighted by atomic mass is 32.2. The maximum absolute atomic E-state index is 14.9. The van der Waals surface area contributed by atoms with Crippen LogP contribution >= 0.6 is 11.8 Å². The first-order chi connectivity index (χ1) is 29.4. The topological polar surface area (TPSA) is 130 Å². The Morgan fingerprint density at radius 1 is 0.852 bits per heavy atom. The van der Waals surface area contributed by atoms with Crippen molar-refractivity contribution in [1.29, 1.82) is 0 Å². The van der Waals surface area contributed by atoms with Crippen molar-refractivity contribution < 1.29 is 32.8 Å². The molecule has 1 saturated heterocycles. The van der Waals surface area contributed by atoms with Crippen molar-refractivity contribution >= 4 is 53.0 Å². The highest BCUT2D eigenvalue weighted by Gasteiger charge is 2.39. The number of rotatable bonds is 16. The number of allylic oxidation sites excluding steroid dienone is 1. The van der Waals surface area contributed by atoms with Gasteiger partial charge >= 0.3 is 0 Å². The monoisotopic (exact) mass is 840 g/mol. The van der Waals surface area contributed by atoms with Crippen molar-refractivity contribution in [2.75, 3.05) is 19.6 Å². The number of carbonyl (C=O) groups is 5. The maximum Gasteiger partial charge on any atom is 0.281 e. The minimum atomic E-state index is -1.03. The molecule has 6 rings (SSSR count). The number of ketones is 1. The van der Waals surface area contributed by atoms with Crippen LogP contribution in [0, 0.1) is 17.6 Å². The lowest BCUT2D eigenvalue weighted by Gasteiger charge is -2.31. The molecule has 0 bridgehead atoms. The van der Waals surface area contributed by atoms with Crippen LogP contribution in [0.15, 0.2) is 132 Å². The summed E-state index contributed by atoms with van der Waals surface area (Å²) in [6.07, 6.45) is 5.62. The number of halogens is 2. The minimum Gasteiger partial charge on any atom is -0.360 e. The Hall–Kier alpha value is -6.50. The summed E-state index contributed by atoms with van der Waals surface area (Å²) in [5.74, 6) is -3.15. The Bertz CT molecular complexity index is 2460. The Labute approximate surface area is 358 Å². The first-order valence-corrected chi connectivity index (χ1v) is 20.7. The quantitative estimate of drug-likeness (QED) is 0.0578. The fraction of sp³-hybridized carbons (Fsp3) is 0.204. The van der Waals surface area contributed by atoms with Gasteiger partial charge in [-0.15, -0.1) is 0 Å². The summed E-state index contributed by atoms with van der Waals surface area (Å²) in [5.41, 5.74) is 9.60. The predicted octanol–water partition coefficient (Wildman–Crippen LogP) is 8.79.